The molecule has 408 valence electrons. The molecule has 8 aromatic rings. The number of benzene rings is 6. The van der Waals surface area contributed by atoms with Crippen LogP contribution in [-0.4, -0.2) is 6.04 Å². The van der Waals surface area contributed by atoms with Crippen molar-refractivity contribution in [2.45, 2.75) is 155 Å². The molecule has 20 rings (SSSR count). The molecule has 4 nitrogen and oxygen atoms in total. The first-order valence-corrected chi connectivity index (χ1v) is 32.6. The number of para-hydroxylation sites is 2. The highest BCUT2D eigenvalue weighted by molar-refractivity contribution is 6.32. The van der Waals surface area contributed by atoms with Crippen molar-refractivity contribution in [3.63, 3.8) is 0 Å². The van der Waals surface area contributed by atoms with Crippen molar-refractivity contribution in [3.05, 3.63) is 189 Å². The van der Waals surface area contributed by atoms with Crippen LogP contribution in [-0.2, 0) is 0 Å². The van der Waals surface area contributed by atoms with Gasteiger partial charge >= 0.3 is 0 Å². The average molecular weight is 1070 g/mol. The molecule has 12 aliphatic carbocycles. The fourth-order valence-electron chi connectivity index (χ4n) is 22.4. The second-order valence-electron chi connectivity index (χ2n) is 28.8. The molecule has 4 bridgehead atoms. The van der Waals surface area contributed by atoms with Crippen molar-refractivity contribution in [1.29, 1.82) is 0 Å². The van der Waals surface area contributed by atoms with Gasteiger partial charge in [0.05, 0.1) is 11.4 Å². The third-order valence-electron chi connectivity index (χ3n) is 25.5. The van der Waals surface area contributed by atoms with E-state index < -0.39 is 0 Å². The number of hydrogen-bond donors (Lipinski definition) is 0. The standard InChI is InChI=1S/C78H74N2O2/c1-45-21-25-50(26-22-45)79(52-29-31-56-54-13-3-7-17-62(54)77(64(56)38-52)35-34-75-43-48(75)37-49(77)44-75)66-40-60-61(71-58-15-5-9-19-68(58)81-73(66)71)41-67(74-72(60)59-16-6-10-20-69(59)82-74)80(51-27-23-46(2)24-28-51)53-30-32-57-55-14-4-8-18-63(55)78(65(57)39-53)70-36-47-12-11-33-76(70,78)42-47/h5-7,9-10,15-17,19-28,39-41,47-49,52,70H,3-4,8,11-14,18,29-38,42-44H2,1-2H3. The van der Waals surface area contributed by atoms with Gasteiger partial charge in [-0.1, -0.05) is 108 Å². The molecule has 82 heavy (non-hydrogen) atoms. The van der Waals surface area contributed by atoms with Crippen LogP contribution in [0.5, 0.6) is 0 Å². The summed E-state index contributed by atoms with van der Waals surface area (Å²) in [6.45, 7) is 4.47. The molecule has 9 unspecified atom stereocenters. The van der Waals surface area contributed by atoms with E-state index in [9.17, 15) is 0 Å². The molecule has 6 aromatic carbocycles. The number of furan rings is 2. The number of rotatable bonds is 6. The van der Waals surface area contributed by atoms with Crippen LogP contribution in [0.4, 0.5) is 22.7 Å². The Morgan fingerprint density at radius 2 is 1.24 bits per heavy atom. The summed E-state index contributed by atoms with van der Waals surface area (Å²) in [6, 6.07) is 42.1. The Morgan fingerprint density at radius 1 is 0.549 bits per heavy atom. The number of anilines is 4. The van der Waals surface area contributed by atoms with Crippen molar-refractivity contribution >= 4 is 77.4 Å². The van der Waals surface area contributed by atoms with Gasteiger partial charge in [0.15, 0.2) is 11.2 Å². The third kappa shape index (κ3) is 5.77. The van der Waals surface area contributed by atoms with Gasteiger partial charge < -0.3 is 18.6 Å². The smallest absolute Gasteiger partial charge is 0.160 e. The molecule has 6 fully saturated rings. The Kier molecular flexibility index (Phi) is 9.16. The van der Waals surface area contributed by atoms with Gasteiger partial charge in [-0.15, -0.1) is 0 Å². The molecule has 9 atom stereocenters. The first-order chi connectivity index (χ1) is 40.3. The summed E-state index contributed by atoms with van der Waals surface area (Å²) in [5.74, 6) is 3.51. The normalized spacial score (nSPS) is 32.6. The second-order valence-corrected chi connectivity index (χ2v) is 28.8. The molecular weight excluding hydrogens is 997 g/mol. The number of fused-ring (bicyclic) bond motifs is 19. The van der Waals surface area contributed by atoms with Gasteiger partial charge in [0, 0.05) is 55.5 Å². The van der Waals surface area contributed by atoms with Gasteiger partial charge in [-0.05, 0) is 269 Å². The summed E-state index contributed by atoms with van der Waals surface area (Å²) in [7, 11) is 0. The maximum absolute atomic E-state index is 7.50. The first kappa shape index (κ1) is 46.7. The minimum absolute atomic E-state index is 0.202. The van der Waals surface area contributed by atoms with E-state index in [2.05, 4.69) is 151 Å². The number of aryl methyl sites for hydroxylation is 2. The predicted octanol–water partition coefficient (Wildman–Crippen LogP) is 21.3. The maximum Gasteiger partial charge on any atom is 0.160 e. The van der Waals surface area contributed by atoms with Gasteiger partial charge in [0.1, 0.15) is 11.2 Å². The second kappa shape index (κ2) is 16.1. The van der Waals surface area contributed by atoms with E-state index in [-0.39, 0.29) is 16.9 Å². The third-order valence-corrected chi connectivity index (χ3v) is 25.5. The molecule has 0 radical (unpaired) electrons. The summed E-state index contributed by atoms with van der Waals surface area (Å²) in [4.78, 5) is 5.46. The van der Waals surface area contributed by atoms with Crippen LogP contribution in [0.15, 0.2) is 187 Å². The molecule has 0 amide bonds. The minimum atomic E-state index is 0.202. The Labute approximate surface area is 482 Å². The summed E-state index contributed by atoms with van der Waals surface area (Å²) < 4.78 is 15.0. The van der Waals surface area contributed by atoms with Gasteiger partial charge in [-0.2, -0.15) is 0 Å². The molecule has 2 heterocycles. The zero-order chi connectivity index (χ0) is 53.6. The zero-order valence-corrected chi connectivity index (χ0v) is 48.1. The quantitative estimate of drug-likeness (QED) is 0.166. The van der Waals surface area contributed by atoms with Crippen molar-refractivity contribution in [1.82, 2.24) is 0 Å². The maximum atomic E-state index is 7.50. The first-order valence-electron chi connectivity index (χ1n) is 32.6. The highest BCUT2D eigenvalue weighted by atomic mass is 16.3. The molecule has 6 saturated carbocycles. The molecule has 0 saturated heterocycles. The van der Waals surface area contributed by atoms with Crippen molar-refractivity contribution in [2.24, 2.45) is 45.3 Å². The molecule has 4 heteroatoms. The van der Waals surface area contributed by atoms with Crippen LogP contribution in [0.1, 0.15) is 146 Å². The summed E-state index contributed by atoms with van der Waals surface area (Å²) in [5, 5.41) is 7.24. The van der Waals surface area contributed by atoms with Crippen molar-refractivity contribution in [3.8, 4) is 0 Å². The summed E-state index contributed by atoms with van der Waals surface area (Å²) in [5.41, 5.74) is 28.5. The van der Waals surface area contributed by atoms with E-state index in [4.69, 9.17) is 8.83 Å². The Bertz CT molecular complexity index is 4410. The lowest BCUT2D eigenvalue weighted by Crippen LogP contribution is -2.41. The molecule has 0 aliphatic heterocycles. The molecule has 4 spiro atoms. The van der Waals surface area contributed by atoms with Gasteiger partial charge in [0.25, 0.3) is 0 Å². The number of nitrogens with zero attached hydrogens (tertiary/aromatic N) is 2. The number of allylic oxidation sites excluding steroid dienone is 11. The summed E-state index contributed by atoms with van der Waals surface area (Å²) in [6.07, 6.45) is 35.5. The predicted molar refractivity (Wildman–Crippen MR) is 335 cm³/mol. The lowest BCUT2D eigenvalue weighted by molar-refractivity contribution is 0.152. The van der Waals surface area contributed by atoms with Gasteiger partial charge in [0.2, 0.25) is 0 Å². The van der Waals surface area contributed by atoms with Crippen LogP contribution in [0.2, 0.25) is 0 Å². The van der Waals surface area contributed by atoms with E-state index >= 15 is 0 Å². The Hall–Kier alpha value is -6.78. The minimum Gasteiger partial charge on any atom is -0.454 e. The van der Waals surface area contributed by atoms with Gasteiger partial charge in [-0.3, -0.25) is 0 Å². The number of hydrogen-bond acceptors (Lipinski definition) is 4. The fraction of sp³-hybridized carbons (Fsp3) is 0.410. The largest absolute Gasteiger partial charge is 0.454 e. The fourth-order valence-corrected chi connectivity index (χ4v) is 22.4. The van der Waals surface area contributed by atoms with Crippen molar-refractivity contribution in [2.75, 3.05) is 9.80 Å². The molecule has 0 N–H and O–H groups in total. The Morgan fingerprint density at radius 3 is 2.04 bits per heavy atom. The SMILES string of the molecule is Cc1ccc(N(C2=CC3=C(CC2)C2=C(CCCC2)C32C3CC4CCCC32C4)c2cc3c(cc(N(c4ccc(C)cc4)C4CCC5=C(C4)C4(CCC67CC6CC4C7)C4=C5CCC=C4)c4oc5ccccc5c43)c3c2oc2ccccc23)cc1. The van der Waals surface area contributed by atoms with E-state index in [1.807, 2.05) is 11.1 Å². The monoisotopic (exact) mass is 1070 g/mol. The van der Waals surface area contributed by atoms with Crippen LogP contribution in [0.3, 0.4) is 0 Å². The highest BCUT2D eigenvalue weighted by Crippen LogP contribution is 2.90. The van der Waals surface area contributed by atoms with Crippen LogP contribution in [0.25, 0.3) is 54.6 Å². The van der Waals surface area contributed by atoms with E-state index in [1.165, 1.54) is 169 Å². The van der Waals surface area contributed by atoms with Crippen LogP contribution < -0.4 is 9.80 Å². The lowest BCUT2D eigenvalue weighted by Gasteiger charge is -2.48. The highest BCUT2D eigenvalue weighted by Gasteiger charge is 2.82. The van der Waals surface area contributed by atoms with Gasteiger partial charge in [-0.25, -0.2) is 0 Å². The van der Waals surface area contributed by atoms with E-state index in [0.29, 0.717) is 10.8 Å². The molecule has 2 aromatic heterocycles. The van der Waals surface area contributed by atoms with Crippen LogP contribution >= 0.6 is 0 Å². The zero-order valence-electron chi connectivity index (χ0n) is 48.1. The van der Waals surface area contributed by atoms with Crippen molar-refractivity contribution < 1.29 is 8.83 Å². The van der Waals surface area contributed by atoms with E-state index in [1.54, 1.807) is 33.4 Å². The molecule has 12 aliphatic rings. The van der Waals surface area contributed by atoms with Crippen LogP contribution in [0, 0.1) is 59.2 Å². The Balaban J connectivity index is 0.815. The molecular formula is C78H74N2O2. The van der Waals surface area contributed by atoms with E-state index in [0.717, 1.165) is 83.8 Å². The topological polar surface area (TPSA) is 32.8 Å². The lowest BCUT2D eigenvalue weighted by atomic mass is 9.57. The average Bonchev–Trinajstić information content (AvgIpc) is 1.47. The summed E-state index contributed by atoms with van der Waals surface area (Å²) >= 11 is 0.